The van der Waals surface area contributed by atoms with Crippen molar-refractivity contribution in [3.05, 3.63) is 58.1 Å². The Bertz CT molecular complexity index is 730. The first-order valence-electron chi connectivity index (χ1n) is 6.34. The van der Waals surface area contributed by atoms with Crippen molar-refractivity contribution in [3.63, 3.8) is 0 Å². The molecule has 1 N–H and O–H groups in total. The number of aromatic hydroxyl groups is 1. The number of amides is 1. The largest absolute Gasteiger partial charge is 0.506 e. The number of carbonyl (C=O) groups excluding carboxylic acids is 1. The third-order valence-electron chi connectivity index (χ3n) is 3.17. The minimum absolute atomic E-state index is 0.00142. The average molecular weight is 302 g/mol. The van der Waals surface area contributed by atoms with Crippen molar-refractivity contribution in [2.24, 2.45) is 0 Å². The monoisotopic (exact) mass is 302 g/mol. The molecule has 0 spiro atoms. The zero-order chi connectivity index (χ0) is 16.3. The number of ether oxygens (including phenoxy) is 1. The highest BCUT2D eigenvalue weighted by atomic mass is 16.6. The topological polar surface area (TPSA) is 92.9 Å². The molecule has 0 saturated heterocycles. The Hall–Kier alpha value is -3.09. The third-order valence-corrected chi connectivity index (χ3v) is 3.17. The molecule has 0 unspecified atom stereocenters. The molecule has 7 nitrogen and oxygen atoms in total. The zero-order valence-electron chi connectivity index (χ0n) is 12.0. The number of benzene rings is 2. The highest BCUT2D eigenvalue weighted by Crippen LogP contribution is 2.30. The van der Waals surface area contributed by atoms with E-state index < -0.39 is 10.8 Å². The van der Waals surface area contributed by atoms with Crippen LogP contribution in [-0.2, 0) is 0 Å². The van der Waals surface area contributed by atoms with E-state index in [1.807, 2.05) is 0 Å². The van der Waals surface area contributed by atoms with Crippen molar-refractivity contribution in [1.82, 2.24) is 0 Å². The van der Waals surface area contributed by atoms with Crippen molar-refractivity contribution >= 4 is 17.3 Å². The number of nitrogens with zero attached hydrogens (tertiary/aromatic N) is 2. The summed E-state index contributed by atoms with van der Waals surface area (Å²) < 4.78 is 4.94. The molecule has 0 aliphatic rings. The second kappa shape index (κ2) is 6.13. The van der Waals surface area contributed by atoms with Crippen molar-refractivity contribution in [1.29, 1.82) is 0 Å². The van der Waals surface area contributed by atoms with E-state index in [2.05, 4.69) is 0 Å². The van der Waals surface area contributed by atoms with Gasteiger partial charge in [0.1, 0.15) is 5.75 Å². The lowest BCUT2D eigenvalue weighted by molar-refractivity contribution is -0.385. The quantitative estimate of drug-likeness (QED) is 0.692. The van der Waals surface area contributed by atoms with Crippen LogP contribution in [-0.4, -0.2) is 30.1 Å². The van der Waals surface area contributed by atoms with Crippen molar-refractivity contribution < 1.29 is 19.6 Å². The molecule has 0 aliphatic carbocycles. The Morgan fingerprint density at radius 1 is 1.27 bits per heavy atom. The summed E-state index contributed by atoms with van der Waals surface area (Å²) in [6.45, 7) is 0. The van der Waals surface area contributed by atoms with Crippen LogP contribution in [0.2, 0.25) is 0 Å². The molecule has 7 heteroatoms. The molecule has 2 rings (SSSR count). The first kappa shape index (κ1) is 15.3. The number of anilines is 1. The van der Waals surface area contributed by atoms with Crippen LogP contribution in [0, 0.1) is 10.1 Å². The fraction of sp³-hybridized carbons (Fsp3) is 0.133. The standard InChI is InChI=1S/C15H14N2O5/c1-16(11-5-3-4-6-13(11)18)15(19)10-7-8-12(17(20)21)14(9-10)22-2/h3-9,18H,1-2H3. The normalized spacial score (nSPS) is 10.1. The lowest BCUT2D eigenvalue weighted by Crippen LogP contribution is -2.26. The van der Waals surface area contributed by atoms with E-state index in [0.29, 0.717) is 5.69 Å². The number of phenolic OH excluding ortho intramolecular Hbond substituents is 1. The summed E-state index contributed by atoms with van der Waals surface area (Å²) in [6.07, 6.45) is 0. The average Bonchev–Trinajstić information content (AvgIpc) is 2.53. The summed E-state index contributed by atoms with van der Waals surface area (Å²) in [5.74, 6) is -0.455. The molecular formula is C15H14N2O5. The molecule has 1 amide bonds. The lowest BCUT2D eigenvalue weighted by Gasteiger charge is -2.18. The number of rotatable bonds is 4. The van der Waals surface area contributed by atoms with Crippen LogP contribution in [0.5, 0.6) is 11.5 Å². The number of nitro groups is 1. The molecule has 0 heterocycles. The molecule has 22 heavy (non-hydrogen) atoms. The third kappa shape index (κ3) is 2.83. The maximum absolute atomic E-state index is 12.4. The highest BCUT2D eigenvalue weighted by molar-refractivity contribution is 6.06. The van der Waals surface area contributed by atoms with E-state index in [1.165, 1.54) is 43.3 Å². The molecule has 0 aliphatic heterocycles. The maximum Gasteiger partial charge on any atom is 0.310 e. The number of hydrogen-bond donors (Lipinski definition) is 1. The summed E-state index contributed by atoms with van der Waals surface area (Å²) >= 11 is 0. The van der Waals surface area contributed by atoms with E-state index in [-0.39, 0.29) is 22.7 Å². The minimum atomic E-state index is -0.584. The fourth-order valence-electron chi connectivity index (χ4n) is 2.01. The molecule has 0 aromatic heterocycles. The summed E-state index contributed by atoms with van der Waals surface area (Å²) in [5.41, 5.74) is 0.335. The Morgan fingerprint density at radius 2 is 1.95 bits per heavy atom. The second-order valence-electron chi connectivity index (χ2n) is 4.50. The van der Waals surface area contributed by atoms with Gasteiger partial charge in [-0.1, -0.05) is 12.1 Å². The number of phenols is 1. The van der Waals surface area contributed by atoms with Crippen LogP contribution >= 0.6 is 0 Å². The van der Waals surface area contributed by atoms with E-state index in [4.69, 9.17) is 4.74 Å². The Morgan fingerprint density at radius 3 is 2.55 bits per heavy atom. The van der Waals surface area contributed by atoms with Gasteiger partial charge < -0.3 is 14.7 Å². The van der Waals surface area contributed by atoms with Gasteiger partial charge in [-0.15, -0.1) is 0 Å². The van der Waals surface area contributed by atoms with Gasteiger partial charge in [0, 0.05) is 24.7 Å². The minimum Gasteiger partial charge on any atom is -0.506 e. The number of methoxy groups -OCH3 is 1. The van der Waals surface area contributed by atoms with Gasteiger partial charge in [0.05, 0.1) is 17.7 Å². The van der Waals surface area contributed by atoms with E-state index in [0.717, 1.165) is 0 Å². The molecule has 0 radical (unpaired) electrons. The van der Waals surface area contributed by atoms with Gasteiger partial charge in [-0.2, -0.15) is 0 Å². The highest BCUT2D eigenvalue weighted by Gasteiger charge is 2.21. The van der Waals surface area contributed by atoms with Gasteiger partial charge in [-0.05, 0) is 18.2 Å². The van der Waals surface area contributed by atoms with Crippen LogP contribution in [0.15, 0.2) is 42.5 Å². The lowest BCUT2D eigenvalue weighted by atomic mass is 10.1. The SMILES string of the molecule is COc1cc(C(=O)N(C)c2ccccc2O)ccc1[N+](=O)[O-]. The second-order valence-corrected chi connectivity index (χ2v) is 4.50. The van der Waals surface area contributed by atoms with Gasteiger partial charge in [-0.3, -0.25) is 14.9 Å². The maximum atomic E-state index is 12.4. The smallest absolute Gasteiger partial charge is 0.310 e. The van der Waals surface area contributed by atoms with Gasteiger partial charge >= 0.3 is 5.69 Å². The summed E-state index contributed by atoms with van der Waals surface area (Å²) in [4.78, 5) is 24.0. The van der Waals surface area contributed by atoms with Crippen LogP contribution in [0.1, 0.15) is 10.4 Å². The van der Waals surface area contributed by atoms with Gasteiger partial charge in [0.2, 0.25) is 0 Å². The molecule has 0 atom stereocenters. The molecule has 0 fully saturated rings. The Kier molecular flexibility index (Phi) is 4.26. The van der Waals surface area contributed by atoms with Crippen LogP contribution in [0.4, 0.5) is 11.4 Å². The van der Waals surface area contributed by atoms with Crippen LogP contribution in [0.25, 0.3) is 0 Å². The Labute approximate surface area is 126 Å². The summed E-state index contributed by atoms with van der Waals surface area (Å²) in [5, 5.41) is 20.6. The number of nitro benzene ring substituents is 1. The predicted octanol–water partition coefficient (Wildman–Crippen LogP) is 2.59. The van der Waals surface area contributed by atoms with Gasteiger partial charge in [0.25, 0.3) is 5.91 Å². The first-order chi connectivity index (χ1) is 10.5. The Balaban J connectivity index is 2.37. The first-order valence-corrected chi connectivity index (χ1v) is 6.34. The van der Waals surface area contributed by atoms with E-state index in [1.54, 1.807) is 18.2 Å². The molecule has 114 valence electrons. The number of para-hydroxylation sites is 2. The summed E-state index contributed by atoms with van der Waals surface area (Å²) in [7, 11) is 2.80. The van der Waals surface area contributed by atoms with Gasteiger partial charge in [-0.25, -0.2) is 0 Å². The predicted molar refractivity (Wildman–Crippen MR) is 80.5 cm³/mol. The zero-order valence-corrected chi connectivity index (χ0v) is 12.0. The molecule has 0 saturated carbocycles. The van der Waals surface area contributed by atoms with Crippen LogP contribution < -0.4 is 9.64 Å². The van der Waals surface area contributed by atoms with Crippen molar-refractivity contribution in [2.45, 2.75) is 0 Å². The fourth-order valence-corrected chi connectivity index (χ4v) is 2.01. The van der Waals surface area contributed by atoms with Crippen molar-refractivity contribution in [3.8, 4) is 11.5 Å². The number of hydrogen-bond acceptors (Lipinski definition) is 5. The number of carbonyl (C=O) groups is 1. The van der Waals surface area contributed by atoms with Crippen LogP contribution in [0.3, 0.4) is 0 Å². The molecular weight excluding hydrogens is 288 g/mol. The van der Waals surface area contributed by atoms with Crippen molar-refractivity contribution in [2.75, 3.05) is 19.1 Å². The van der Waals surface area contributed by atoms with E-state index in [9.17, 15) is 20.0 Å². The molecule has 2 aromatic carbocycles. The molecule has 0 bridgehead atoms. The van der Waals surface area contributed by atoms with E-state index >= 15 is 0 Å². The van der Waals surface area contributed by atoms with Gasteiger partial charge in [0.15, 0.2) is 5.75 Å². The summed E-state index contributed by atoms with van der Waals surface area (Å²) in [6, 6.07) is 10.3. The molecule has 2 aromatic rings.